The summed E-state index contributed by atoms with van der Waals surface area (Å²) >= 11 is 5.97. The first-order chi connectivity index (χ1) is 15.5. The molecule has 0 aliphatic heterocycles. The van der Waals surface area contributed by atoms with Gasteiger partial charge in [0.15, 0.2) is 0 Å². The van der Waals surface area contributed by atoms with Crippen LogP contribution in [0.15, 0.2) is 83.8 Å². The molecule has 33 heavy (non-hydrogen) atoms. The van der Waals surface area contributed by atoms with Crippen molar-refractivity contribution in [3.8, 4) is 5.75 Å². The van der Waals surface area contributed by atoms with Crippen molar-refractivity contribution in [2.75, 3.05) is 17.5 Å². The maximum absolute atomic E-state index is 13.6. The first-order valence-electron chi connectivity index (χ1n) is 10.8. The number of halogens is 2. The predicted octanol–water partition coefficient (Wildman–Crippen LogP) is 5.68. The van der Waals surface area contributed by atoms with Crippen LogP contribution in [0.25, 0.3) is 0 Å². The number of hydrogen-bond donors (Lipinski definition) is 1. The Kier molecular flexibility index (Phi) is 9.03. The van der Waals surface area contributed by atoms with Gasteiger partial charge in [-0.25, -0.2) is 8.42 Å². The van der Waals surface area contributed by atoms with Crippen molar-refractivity contribution in [2.45, 2.75) is 36.7 Å². The van der Waals surface area contributed by atoms with Crippen molar-refractivity contribution in [3.05, 3.63) is 89.4 Å². The number of sulfonamides is 1. The molecule has 3 aromatic carbocycles. The quantitative estimate of drug-likeness (QED) is 0.340. The van der Waals surface area contributed by atoms with Gasteiger partial charge in [0.05, 0.1) is 23.7 Å². The molecule has 1 fully saturated rings. The zero-order chi connectivity index (χ0) is 22.4. The number of nitrogens with one attached hydrogen (secondary N) is 1. The molecule has 0 heterocycles. The van der Waals surface area contributed by atoms with Gasteiger partial charge in [0.25, 0.3) is 10.0 Å². The summed E-state index contributed by atoms with van der Waals surface area (Å²) in [5.74, 6) is 0.700. The van der Waals surface area contributed by atoms with E-state index in [1.165, 1.54) is 29.3 Å². The first-order valence-corrected chi connectivity index (χ1v) is 12.6. The van der Waals surface area contributed by atoms with E-state index in [0.717, 1.165) is 18.5 Å². The molecule has 5 nitrogen and oxygen atoms in total. The minimum Gasteiger partial charge on any atom is -0.493 e. The largest absolute Gasteiger partial charge is 0.493 e. The fraction of sp³-hybridized carbons (Fsp3) is 0.280. The summed E-state index contributed by atoms with van der Waals surface area (Å²) in [6.45, 7) is 1.66. The molecule has 0 aromatic heterocycles. The molecule has 0 spiro atoms. The van der Waals surface area contributed by atoms with Crippen molar-refractivity contribution in [1.29, 1.82) is 0 Å². The molecule has 0 amide bonds. The second-order valence-corrected chi connectivity index (χ2v) is 10.1. The third kappa shape index (κ3) is 6.87. The highest BCUT2D eigenvalue weighted by atomic mass is 35.5. The summed E-state index contributed by atoms with van der Waals surface area (Å²) in [4.78, 5) is 0.190. The number of nitrogens with zero attached hydrogens (tertiary/aromatic N) is 1. The fourth-order valence-corrected chi connectivity index (χ4v) is 4.99. The van der Waals surface area contributed by atoms with Gasteiger partial charge in [-0.05, 0) is 68.3 Å². The minimum absolute atomic E-state index is 0. The molecule has 1 N–H and O–H groups in total. The summed E-state index contributed by atoms with van der Waals surface area (Å²) in [6.07, 6.45) is 3.43. The predicted molar refractivity (Wildman–Crippen MR) is 136 cm³/mol. The first kappa shape index (κ1) is 25.4. The number of anilines is 1. The number of hydrogen-bond acceptors (Lipinski definition) is 4. The minimum atomic E-state index is -3.81. The third-order valence-corrected chi connectivity index (χ3v) is 7.36. The molecular formula is C25H28Cl2N2O3S. The highest BCUT2D eigenvalue weighted by Crippen LogP contribution is 2.29. The van der Waals surface area contributed by atoms with Gasteiger partial charge in [-0.15, -0.1) is 12.4 Å². The van der Waals surface area contributed by atoms with E-state index in [2.05, 4.69) is 5.32 Å². The molecule has 3 aromatic rings. The van der Waals surface area contributed by atoms with Gasteiger partial charge in [0.1, 0.15) is 5.75 Å². The van der Waals surface area contributed by atoms with Crippen molar-refractivity contribution in [1.82, 2.24) is 5.32 Å². The Bertz CT molecular complexity index is 1120. The fourth-order valence-electron chi connectivity index (χ4n) is 3.42. The highest BCUT2D eigenvalue weighted by molar-refractivity contribution is 7.92. The molecule has 0 saturated heterocycles. The number of ether oxygens (including phenoxy) is 1. The second-order valence-electron chi connectivity index (χ2n) is 7.84. The lowest BCUT2D eigenvalue weighted by Gasteiger charge is -2.25. The van der Waals surface area contributed by atoms with Gasteiger partial charge in [0.2, 0.25) is 0 Å². The normalized spacial score (nSPS) is 13.2. The van der Waals surface area contributed by atoms with Crippen LogP contribution < -0.4 is 14.4 Å². The molecule has 176 valence electrons. The van der Waals surface area contributed by atoms with Gasteiger partial charge >= 0.3 is 0 Å². The van der Waals surface area contributed by atoms with Gasteiger partial charge in [-0.1, -0.05) is 48.0 Å². The van der Waals surface area contributed by atoms with Crippen LogP contribution in [0.5, 0.6) is 5.75 Å². The van der Waals surface area contributed by atoms with Crippen molar-refractivity contribution in [3.63, 3.8) is 0 Å². The lowest BCUT2D eigenvalue weighted by atomic mass is 10.2. The van der Waals surface area contributed by atoms with Gasteiger partial charge in [-0.2, -0.15) is 0 Å². The van der Waals surface area contributed by atoms with Crippen LogP contribution in [0.3, 0.4) is 0 Å². The summed E-state index contributed by atoms with van der Waals surface area (Å²) in [5.41, 5.74) is 1.40. The molecule has 0 bridgehead atoms. The Morgan fingerprint density at radius 3 is 2.30 bits per heavy atom. The third-order valence-electron chi connectivity index (χ3n) is 5.32. The van der Waals surface area contributed by atoms with Crippen LogP contribution in [0, 0.1) is 0 Å². The number of rotatable bonds is 11. The zero-order valence-electron chi connectivity index (χ0n) is 18.2. The van der Waals surface area contributed by atoms with E-state index in [-0.39, 0.29) is 23.8 Å². The number of benzene rings is 3. The van der Waals surface area contributed by atoms with Gasteiger partial charge in [-0.3, -0.25) is 4.31 Å². The second kappa shape index (κ2) is 11.7. The summed E-state index contributed by atoms with van der Waals surface area (Å²) in [5, 5.41) is 3.97. The maximum atomic E-state index is 13.6. The van der Waals surface area contributed by atoms with Crippen molar-refractivity contribution in [2.24, 2.45) is 0 Å². The molecule has 1 saturated carbocycles. The molecule has 0 radical (unpaired) electrons. The van der Waals surface area contributed by atoms with Crippen molar-refractivity contribution >= 4 is 39.7 Å². The van der Waals surface area contributed by atoms with Crippen LogP contribution in [0.2, 0.25) is 5.02 Å². The zero-order valence-corrected chi connectivity index (χ0v) is 20.6. The highest BCUT2D eigenvalue weighted by Gasteiger charge is 2.26. The van der Waals surface area contributed by atoms with Crippen LogP contribution in [0.4, 0.5) is 5.69 Å². The van der Waals surface area contributed by atoms with E-state index in [1.807, 2.05) is 42.5 Å². The van der Waals surface area contributed by atoms with E-state index in [0.29, 0.717) is 29.1 Å². The molecule has 8 heteroatoms. The van der Waals surface area contributed by atoms with Gasteiger partial charge in [0, 0.05) is 16.6 Å². The lowest BCUT2D eigenvalue weighted by molar-refractivity contribution is 0.305. The van der Waals surface area contributed by atoms with E-state index in [4.69, 9.17) is 16.3 Å². The molecule has 0 atom stereocenters. The molecule has 1 aliphatic carbocycles. The van der Waals surface area contributed by atoms with Gasteiger partial charge < -0.3 is 10.1 Å². The molecule has 4 rings (SSSR count). The lowest BCUT2D eigenvalue weighted by Crippen LogP contribution is -2.30. The molecular weight excluding hydrogens is 479 g/mol. The SMILES string of the molecule is Cl.O=S(=O)(c1ccc(Cl)cc1)N(Cc1ccccc1OCCCNC1CC1)c1ccccc1. The van der Waals surface area contributed by atoms with Crippen molar-refractivity contribution < 1.29 is 13.2 Å². The molecule has 0 unspecified atom stereocenters. The van der Waals surface area contributed by atoms with E-state index in [9.17, 15) is 8.42 Å². The Hall–Kier alpha value is -2.25. The average Bonchev–Trinajstić information content (AvgIpc) is 3.63. The van der Waals surface area contributed by atoms with Crippen LogP contribution in [-0.4, -0.2) is 27.6 Å². The monoisotopic (exact) mass is 506 g/mol. The summed E-state index contributed by atoms with van der Waals surface area (Å²) < 4.78 is 34.6. The number of para-hydroxylation sites is 2. The maximum Gasteiger partial charge on any atom is 0.264 e. The average molecular weight is 507 g/mol. The standard InChI is InChI=1S/C25H27ClN2O3S.ClH/c26-21-11-15-24(16-12-21)32(29,30)28(23-8-2-1-3-9-23)19-20-7-4-5-10-25(20)31-18-6-17-27-22-13-14-22;/h1-5,7-12,15-16,22,27H,6,13-14,17-19H2;1H. The van der Waals surface area contributed by atoms with E-state index in [1.54, 1.807) is 24.3 Å². The van der Waals surface area contributed by atoms with E-state index < -0.39 is 10.0 Å². The van der Waals surface area contributed by atoms with Crippen LogP contribution >= 0.6 is 24.0 Å². The smallest absolute Gasteiger partial charge is 0.264 e. The van der Waals surface area contributed by atoms with E-state index >= 15 is 0 Å². The summed E-state index contributed by atoms with van der Waals surface area (Å²) in [7, 11) is -3.81. The topological polar surface area (TPSA) is 58.6 Å². The molecule has 1 aliphatic rings. The Labute approximate surface area is 207 Å². The van der Waals surface area contributed by atoms with Crippen LogP contribution in [-0.2, 0) is 16.6 Å². The van der Waals surface area contributed by atoms with Crippen LogP contribution in [0.1, 0.15) is 24.8 Å². The Balaban J connectivity index is 0.00000306. The Morgan fingerprint density at radius 2 is 1.61 bits per heavy atom. The Morgan fingerprint density at radius 1 is 0.939 bits per heavy atom. The summed E-state index contributed by atoms with van der Waals surface area (Å²) in [6, 6.07) is 23.6.